The van der Waals surface area contributed by atoms with Crippen molar-refractivity contribution in [3.05, 3.63) is 0 Å². The fraction of sp³-hybridized carbons (Fsp3) is 0.923. The standard InChI is InChI=1S/C13H27N3O/c1-2-6-11(15)13(17)16-12(9-14)10-7-4-3-5-8-10/h10-12H,2-9,14-15H2,1H3,(H,16,17). The second-order valence-electron chi connectivity index (χ2n) is 5.14. The van der Waals surface area contributed by atoms with Gasteiger partial charge >= 0.3 is 0 Å². The van der Waals surface area contributed by atoms with Crippen molar-refractivity contribution in [3.63, 3.8) is 0 Å². The van der Waals surface area contributed by atoms with E-state index in [9.17, 15) is 4.79 Å². The van der Waals surface area contributed by atoms with E-state index in [0.717, 1.165) is 12.8 Å². The lowest BCUT2D eigenvalue weighted by atomic mass is 9.84. The maximum absolute atomic E-state index is 11.9. The van der Waals surface area contributed by atoms with Crippen LogP contribution in [0.5, 0.6) is 0 Å². The predicted octanol–water partition coefficient (Wildman–Crippen LogP) is 1.14. The molecular formula is C13H27N3O. The summed E-state index contributed by atoms with van der Waals surface area (Å²) in [5.41, 5.74) is 11.6. The molecule has 1 aliphatic carbocycles. The summed E-state index contributed by atoms with van der Waals surface area (Å²) in [5, 5.41) is 3.03. The van der Waals surface area contributed by atoms with E-state index in [0.29, 0.717) is 12.5 Å². The molecule has 2 unspecified atom stereocenters. The van der Waals surface area contributed by atoms with Crippen molar-refractivity contribution in [1.82, 2.24) is 5.32 Å². The number of hydrogen-bond acceptors (Lipinski definition) is 3. The average Bonchev–Trinajstić information content (AvgIpc) is 2.37. The van der Waals surface area contributed by atoms with E-state index in [4.69, 9.17) is 11.5 Å². The zero-order valence-electron chi connectivity index (χ0n) is 11.0. The Morgan fingerprint density at radius 1 is 1.35 bits per heavy atom. The molecule has 0 bridgehead atoms. The van der Waals surface area contributed by atoms with Crippen LogP contribution >= 0.6 is 0 Å². The van der Waals surface area contributed by atoms with Gasteiger partial charge in [-0.3, -0.25) is 4.79 Å². The molecule has 0 aromatic rings. The van der Waals surface area contributed by atoms with Gasteiger partial charge in [-0.05, 0) is 25.2 Å². The Morgan fingerprint density at radius 2 is 2.00 bits per heavy atom. The monoisotopic (exact) mass is 241 g/mol. The van der Waals surface area contributed by atoms with Gasteiger partial charge in [0.05, 0.1) is 6.04 Å². The summed E-state index contributed by atoms with van der Waals surface area (Å²) in [7, 11) is 0. The smallest absolute Gasteiger partial charge is 0.237 e. The number of nitrogens with one attached hydrogen (secondary N) is 1. The molecule has 0 aliphatic heterocycles. The molecule has 0 aromatic carbocycles. The van der Waals surface area contributed by atoms with Gasteiger partial charge in [-0.1, -0.05) is 32.6 Å². The Morgan fingerprint density at radius 3 is 2.53 bits per heavy atom. The zero-order chi connectivity index (χ0) is 12.7. The lowest BCUT2D eigenvalue weighted by Crippen LogP contribution is -2.51. The third-order valence-corrected chi connectivity index (χ3v) is 3.74. The quantitative estimate of drug-likeness (QED) is 0.652. The Labute approximate surface area is 105 Å². The van der Waals surface area contributed by atoms with E-state index in [1.807, 2.05) is 6.92 Å². The summed E-state index contributed by atoms with van der Waals surface area (Å²) < 4.78 is 0. The molecule has 100 valence electrons. The minimum atomic E-state index is -0.377. The first-order valence-electron chi connectivity index (χ1n) is 6.95. The molecule has 0 spiro atoms. The maximum Gasteiger partial charge on any atom is 0.237 e. The van der Waals surface area contributed by atoms with Crippen LogP contribution in [0.1, 0.15) is 51.9 Å². The van der Waals surface area contributed by atoms with Crippen molar-refractivity contribution in [2.24, 2.45) is 17.4 Å². The molecule has 17 heavy (non-hydrogen) atoms. The molecule has 2 atom stereocenters. The molecule has 1 saturated carbocycles. The maximum atomic E-state index is 11.9. The van der Waals surface area contributed by atoms with Crippen molar-refractivity contribution < 1.29 is 4.79 Å². The van der Waals surface area contributed by atoms with Gasteiger partial charge in [0.2, 0.25) is 5.91 Å². The first-order chi connectivity index (χ1) is 8.19. The SMILES string of the molecule is CCCC(N)C(=O)NC(CN)C1CCCCC1. The molecule has 5 N–H and O–H groups in total. The van der Waals surface area contributed by atoms with E-state index in [1.54, 1.807) is 0 Å². The van der Waals surface area contributed by atoms with Crippen molar-refractivity contribution in [1.29, 1.82) is 0 Å². The summed E-state index contributed by atoms with van der Waals surface area (Å²) in [5.74, 6) is 0.513. The summed E-state index contributed by atoms with van der Waals surface area (Å²) in [6.45, 7) is 2.56. The molecule has 4 heteroatoms. The average molecular weight is 241 g/mol. The fourth-order valence-corrected chi connectivity index (χ4v) is 2.64. The predicted molar refractivity (Wildman–Crippen MR) is 70.4 cm³/mol. The van der Waals surface area contributed by atoms with Gasteiger partial charge in [0.1, 0.15) is 0 Å². The highest BCUT2D eigenvalue weighted by Crippen LogP contribution is 2.26. The lowest BCUT2D eigenvalue weighted by Gasteiger charge is -2.30. The third-order valence-electron chi connectivity index (χ3n) is 3.74. The molecule has 0 heterocycles. The van der Waals surface area contributed by atoms with Crippen LogP contribution in [0.15, 0.2) is 0 Å². The Hall–Kier alpha value is -0.610. The normalized spacial score (nSPS) is 20.9. The van der Waals surface area contributed by atoms with Gasteiger partial charge in [0.15, 0.2) is 0 Å². The molecule has 4 nitrogen and oxygen atoms in total. The topological polar surface area (TPSA) is 81.1 Å². The summed E-state index contributed by atoms with van der Waals surface area (Å²) in [6.07, 6.45) is 7.89. The summed E-state index contributed by atoms with van der Waals surface area (Å²) >= 11 is 0. The first kappa shape index (κ1) is 14.5. The number of hydrogen-bond donors (Lipinski definition) is 3. The van der Waals surface area contributed by atoms with Gasteiger partial charge in [-0.15, -0.1) is 0 Å². The van der Waals surface area contributed by atoms with Crippen molar-refractivity contribution in [2.75, 3.05) is 6.54 Å². The van der Waals surface area contributed by atoms with Crippen LogP contribution in [-0.2, 0) is 4.79 Å². The number of carbonyl (C=O) groups excluding carboxylic acids is 1. The van der Waals surface area contributed by atoms with Gasteiger partial charge in [-0.25, -0.2) is 0 Å². The second kappa shape index (κ2) is 7.67. The number of rotatable bonds is 6. The second-order valence-corrected chi connectivity index (χ2v) is 5.14. The van der Waals surface area contributed by atoms with Crippen molar-refractivity contribution in [3.8, 4) is 0 Å². The molecule has 0 radical (unpaired) electrons. The lowest BCUT2D eigenvalue weighted by molar-refractivity contribution is -0.123. The molecule has 1 aliphatic rings. The zero-order valence-corrected chi connectivity index (χ0v) is 11.0. The van der Waals surface area contributed by atoms with Gasteiger partial charge in [0, 0.05) is 12.6 Å². The Balaban J connectivity index is 2.42. The van der Waals surface area contributed by atoms with Crippen LogP contribution in [0.4, 0.5) is 0 Å². The highest BCUT2D eigenvalue weighted by molar-refractivity contribution is 5.81. The van der Waals surface area contributed by atoms with Gasteiger partial charge in [0.25, 0.3) is 0 Å². The van der Waals surface area contributed by atoms with Crippen LogP contribution < -0.4 is 16.8 Å². The van der Waals surface area contributed by atoms with E-state index >= 15 is 0 Å². The number of nitrogens with two attached hydrogens (primary N) is 2. The first-order valence-corrected chi connectivity index (χ1v) is 6.95. The molecule has 1 fully saturated rings. The minimum Gasteiger partial charge on any atom is -0.350 e. The van der Waals surface area contributed by atoms with Crippen molar-refractivity contribution >= 4 is 5.91 Å². The summed E-state index contributed by atoms with van der Waals surface area (Å²) in [4.78, 5) is 11.9. The molecule has 1 amide bonds. The highest BCUT2D eigenvalue weighted by Gasteiger charge is 2.25. The molecular weight excluding hydrogens is 214 g/mol. The molecule has 0 aromatic heterocycles. The minimum absolute atomic E-state index is 0.0344. The molecule has 1 rings (SSSR count). The highest BCUT2D eigenvalue weighted by atomic mass is 16.2. The van der Waals surface area contributed by atoms with E-state index < -0.39 is 0 Å². The van der Waals surface area contributed by atoms with E-state index in [2.05, 4.69) is 5.32 Å². The van der Waals surface area contributed by atoms with Crippen LogP contribution in [0, 0.1) is 5.92 Å². The van der Waals surface area contributed by atoms with Crippen LogP contribution in [0.25, 0.3) is 0 Å². The van der Waals surface area contributed by atoms with Crippen molar-refractivity contribution in [2.45, 2.75) is 64.0 Å². The van der Waals surface area contributed by atoms with Gasteiger partial charge in [-0.2, -0.15) is 0 Å². The molecule has 0 saturated heterocycles. The largest absolute Gasteiger partial charge is 0.350 e. The summed E-state index contributed by atoms with van der Waals surface area (Å²) in [6, 6.07) is -0.261. The fourth-order valence-electron chi connectivity index (χ4n) is 2.64. The Kier molecular flexibility index (Phi) is 6.52. The third kappa shape index (κ3) is 4.64. The van der Waals surface area contributed by atoms with E-state index in [-0.39, 0.29) is 18.0 Å². The van der Waals surface area contributed by atoms with Crippen LogP contribution in [0.3, 0.4) is 0 Å². The van der Waals surface area contributed by atoms with E-state index in [1.165, 1.54) is 32.1 Å². The Bertz CT molecular complexity index is 227. The van der Waals surface area contributed by atoms with Gasteiger partial charge < -0.3 is 16.8 Å². The van der Waals surface area contributed by atoms with Crippen LogP contribution in [0.2, 0.25) is 0 Å². The number of carbonyl (C=O) groups is 1. The number of amides is 1. The van der Waals surface area contributed by atoms with Crippen LogP contribution in [-0.4, -0.2) is 24.5 Å².